The van der Waals surface area contributed by atoms with E-state index < -0.39 is 0 Å². The second kappa shape index (κ2) is 4.66. The highest BCUT2D eigenvalue weighted by Gasteiger charge is 2.21. The highest BCUT2D eigenvalue weighted by molar-refractivity contribution is 7.17. The molecule has 0 saturated heterocycles. The van der Waals surface area contributed by atoms with Crippen LogP contribution in [0.3, 0.4) is 0 Å². The van der Waals surface area contributed by atoms with Crippen molar-refractivity contribution < 1.29 is 9.53 Å². The molecule has 2 nitrogen and oxygen atoms in total. The fourth-order valence-electron chi connectivity index (χ4n) is 1.95. The summed E-state index contributed by atoms with van der Waals surface area (Å²) in [5.41, 5.74) is 1.09. The van der Waals surface area contributed by atoms with Gasteiger partial charge in [0, 0.05) is 4.70 Å². The number of benzene rings is 1. The van der Waals surface area contributed by atoms with Crippen molar-refractivity contribution in [3.8, 4) is 0 Å². The quantitative estimate of drug-likeness (QED) is 0.759. The Hall–Kier alpha value is -1.35. The minimum Gasteiger partial charge on any atom is -0.469 e. The number of ether oxygens (including phenoxy) is 1. The van der Waals surface area contributed by atoms with Gasteiger partial charge in [-0.2, -0.15) is 0 Å². The molecule has 84 valence electrons. The van der Waals surface area contributed by atoms with Crippen LogP contribution in [0.4, 0.5) is 0 Å². The number of carbonyl (C=O) groups is 1. The van der Waals surface area contributed by atoms with Gasteiger partial charge in [-0.15, -0.1) is 11.3 Å². The van der Waals surface area contributed by atoms with Gasteiger partial charge in [0.05, 0.1) is 13.0 Å². The zero-order valence-corrected chi connectivity index (χ0v) is 10.2. The van der Waals surface area contributed by atoms with E-state index in [1.807, 2.05) is 19.1 Å². The number of thiophene rings is 1. The number of esters is 1. The van der Waals surface area contributed by atoms with E-state index in [2.05, 4.69) is 17.5 Å². The second-order valence-corrected chi connectivity index (χ2v) is 4.59. The van der Waals surface area contributed by atoms with Crippen LogP contribution >= 0.6 is 11.3 Å². The van der Waals surface area contributed by atoms with Crippen molar-refractivity contribution in [2.75, 3.05) is 7.11 Å². The smallest absolute Gasteiger partial charge is 0.313 e. The molecule has 0 aliphatic heterocycles. The second-order valence-electron chi connectivity index (χ2n) is 3.67. The third-order valence-corrected chi connectivity index (χ3v) is 3.76. The Morgan fingerprint density at radius 1 is 1.44 bits per heavy atom. The van der Waals surface area contributed by atoms with Crippen LogP contribution in [0, 0.1) is 0 Å². The molecule has 0 N–H and O–H groups in total. The van der Waals surface area contributed by atoms with Crippen LogP contribution in [0.25, 0.3) is 10.1 Å². The first-order chi connectivity index (χ1) is 7.77. The molecule has 0 aliphatic rings. The van der Waals surface area contributed by atoms with E-state index in [9.17, 15) is 4.79 Å². The standard InChI is InChI=1S/C13H14O2S/c1-3-10(13(14)15-2)11-6-4-5-9-7-8-16-12(9)11/h4-8,10H,3H2,1-2H3. The largest absolute Gasteiger partial charge is 0.469 e. The molecule has 0 spiro atoms. The molecule has 16 heavy (non-hydrogen) atoms. The predicted molar refractivity (Wildman–Crippen MR) is 66.9 cm³/mol. The molecule has 1 unspecified atom stereocenters. The molecule has 1 heterocycles. The third-order valence-electron chi connectivity index (χ3n) is 2.78. The summed E-state index contributed by atoms with van der Waals surface area (Å²) in [6.07, 6.45) is 0.768. The van der Waals surface area contributed by atoms with Crippen molar-refractivity contribution in [2.45, 2.75) is 19.3 Å². The monoisotopic (exact) mass is 234 g/mol. The molecule has 1 aromatic carbocycles. The molecule has 2 aromatic rings. The summed E-state index contributed by atoms with van der Waals surface area (Å²) in [5.74, 6) is -0.296. The first kappa shape index (κ1) is 11.1. The summed E-state index contributed by atoms with van der Waals surface area (Å²) in [7, 11) is 1.44. The van der Waals surface area contributed by atoms with E-state index in [0.717, 1.165) is 12.0 Å². The number of hydrogen-bond acceptors (Lipinski definition) is 3. The van der Waals surface area contributed by atoms with Crippen LogP contribution in [-0.4, -0.2) is 13.1 Å². The molecule has 1 aromatic heterocycles. The molecule has 0 saturated carbocycles. The van der Waals surface area contributed by atoms with E-state index in [4.69, 9.17) is 4.74 Å². The molecule has 0 radical (unpaired) electrons. The minimum atomic E-state index is -0.150. The molecule has 0 bridgehead atoms. The molecule has 0 aliphatic carbocycles. The highest BCUT2D eigenvalue weighted by atomic mass is 32.1. The molecule has 0 amide bonds. The van der Waals surface area contributed by atoms with E-state index in [-0.39, 0.29) is 11.9 Å². The van der Waals surface area contributed by atoms with Gasteiger partial charge in [0.1, 0.15) is 0 Å². The Morgan fingerprint density at radius 3 is 2.94 bits per heavy atom. The third kappa shape index (κ3) is 1.83. The van der Waals surface area contributed by atoms with Gasteiger partial charge in [0.2, 0.25) is 0 Å². The van der Waals surface area contributed by atoms with Gasteiger partial charge < -0.3 is 4.74 Å². The maximum atomic E-state index is 11.7. The molecule has 0 fully saturated rings. The summed E-state index contributed by atoms with van der Waals surface area (Å²) in [6, 6.07) is 8.16. The first-order valence-electron chi connectivity index (χ1n) is 5.32. The van der Waals surface area contributed by atoms with E-state index in [1.165, 1.54) is 17.2 Å². The number of carbonyl (C=O) groups excluding carboxylic acids is 1. The normalized spacial score (nSPS) is 12.6. The van der Waals surface area contributed by atoms with Crippen LogP contribution < -0.4 is 0 Å². The van der Waals surface area contributed by atoms with Crippen molar-refractivity contribution in [1.82, 2.24) is 0 Å². The fourth-order valence-corrected chi connectivity index (χ4v) is 2.92. The predicted octanol–water partition coefficient (Wildman–Crippen LogP) is 3.57. The van der Waals surface area contributed by atoms with Crippen LogP contribution in [0.15, 0.2) is 29.6 Å². The Bertz CT molecular complexity index is 501. The molecule has 1 atom stereocenters. The summed E-state index contributed by atoms with van der Waals surface area (Å²) >= 11 is 1.68. The lowest BCUT2D eigenvalue weighted by molar-refractivity contribution is -0.142. The lowest BCUT2D eigenvalue weighted by atomic mass is 9.96. The summed E-state index contributed by atoms with van der Waals surface area (Å²) in [6.45, 7) is 2.01. The maximum Gasteiger partial charge on any atom is 0.313 e. The zero-order chi connectivity index (χ0) is 11.5. The molecule has 3 heteroatoms. The van der Waals surface area contributed by atoms with Crippen molar-refractivity contribution in [2.24, 2.45) is 0 Å². The number of hydrogen-bond donors (Lipinski definition) is 0. The Kier molecular flexibility index (Phi) is 3.25. The first-order valence-corrected chi connectivity index (χ1v) is 6.19. The summed E-state index contributed by atoms with van der Waals surface area (Å²) in [5, 5.41) is 3.25. The fraction of sp³-hybridized carbons (Fsp3) is 0.308. The van der Waals surface area contributed by atoms with Crippen LogP contribution in [0.2, 0.25) is 0 Å². The van der Waals surface area contributed by atoms with Crippen molar-refractivity contribution in [1.29, 1.82) is 0 Å². The van der Waals surface area contributed by atoms with Crippen LogP contribution in [0.1, 0.15) is 24.8 Å². The van der Waals surface area contributed by atoms with Gasteiger partial charge in [-0.1, -0.05) is 25.1 Å². The Labute approximate surface area is 98.9 Å². The lowest BCUT2D eigenvalue weighted by Gasteiger charge is -2.13. The number of rotatable bonds is 3. The number of fused-ring (bicyclic) bond motifs is 1. The summed E-state index contributed by atoms with van der Waals surface area (Å²) in [4.78, 5) is 11.7. The van der Waals surface area contributed by atoms with E-state index >= 15 is 0 Å². The SMILES string of the molecule is CCC(C(=O)OC)c1cccc2ccsc12. The van der Waals surface area contributed by atoms with Gasteiger partial charge in [-0.25, -0.2) is 0 Å². The summed E-state index contributed by atoms with van der Waals surface area (Å²) < 4.78 is 6.04. The Morgan fingerprint density at radius 2 is 2.25 bits per heavy atom. The zero-order valence-electron chi connectivity index (χ0n) is 9.40. The molecule has 2 rings (SSSR count). The average Bonchev–Trinajstić information content (AvgIpc) is 2.78. The number of methoxy groups -OCH3 is 1. The Balaban J connectivity index is 2.52. The van der Waals surface area contributed by atoms with E-state index in [1.54, 1.807) is 11.3 Å². The van der Waals surface area contributed by atoms with Crippen molar-refractivity contribution in [3.05, 3.63) is 35.2 Å². The van der Waals surface area contributed by atoms with Gasteiger partial charge in [-0.05, 0) is 28.8 Å². The average molecular weight is 234 g/mol. The van der Waals surface area contributed by atoms with Gasteiger partial charge >= 0.3 is 5.97 Å². The van der Waals surface area contributed by atoms with Crippen LogP contribution in [-0.2, 0) is 9.53 Å². The van der Waals surface area contributed by atoms with Crippen LogP contribution in [0.5, 0.6) is 0 Å². The van der Waals surface area contributed by atoms with Gasteiger partial charge in [0.15, 0.2) is 0 Å². The van der Waals surface area contributed by atoms with Crippen molar-refractivity contribution in [3.63, 3.8) is 0 Å². The minimum absolute atomic E-state index is 0.146. The van der Waals surface area contributed by atoms with E-state index in [0.29, 0.717) is 0 Å². The molecular weight excluding hydrogens is 220 g/mol. The molecular formula is C13H14O2S. The lowest BCUT2D eigenvalue weighted by Crippen LogP contribution is -2.13. The maximum absolute atomic E-state index is 11.7. The highest BCUT2D eigenvalue weighted by Crippen LogP contribution is 2.32. The topological polar surface area (TPSA) is 26.3 Å². The van der Waals surface area contributed by atoms with Gasteiger partial charge in [-0.3, -0.25) is 4.79 Å². The van der Waals surface area contributed by atoms with Gasteiger partial charge in [0.25, 0.3) is 0 Å². The van der Waals surface area contributed by atoms with Crippen molar-refractivity contribution >= 4 is 27.4 Å².